The van der Waals surface area contributed by atoms with Gasteiger partial charge >= 0.3 is 6.18 Å². The van der Waals surface area contributed by atoms with Crippen LogP contribution < -0.4 is 0 Å². The average Bonchev–Trinajstić information content (AvgIpc) is 2.14. The molecule has 0 spiro atoms. The first-order valence-corrected chi connectivity index (χ1v) is 4.31. The molecule has 0 amide bonds. The van der Waals surface area contributed by atoms with Crippen LogP contribution in [0.25, 0.3) is 0 Å². The molecule has 1 fully saturated rings. The third-order valence-electron chi connectivity index (χ3n) is 2.01. The Hall–Kier alpha value is -0.800. The van der Waals surface area contributed by atoms with Crippen LogP contribution >= 0.6 is 0 Å². The second-order valence-corrected chi connectivity index (χ2v) is 3.15. The average molecular weight is 208 g/mol. The number of alkyl halides is 3. The monoisotopic (exact) mass is 208 g/mol. The van der Waals surface area contributed by atoms with Gasteiger partial charge in [0.05, 0.1) is 19.1 Å². The number of morpholine rings is 1. The molecule has 1 atom stereocenters. The molecule has 0 saturated carbocycles. The predicted octanol–water partition coefficient (Wildman–Crippen LogP) is 1.16. The van der Waals surface area contributed by atoms with Crippen molar-refractivity contribution in [2.24, 2.45) is 0 Å². The van der Waals surface area contributed by atoms with Crippen LogP contribution in [-0.2, 0) is 4.74 Å². The Kier molecular flexibility index (Phi) is 3.72. The molecule has 3 nitrogen and oxygen atoms in total. The first-order valence-electron chi connectivity index (χ1n) is 4.31. The lowest BCUT2D eigenvalue weighted by Gasteiger charge is -2.29. The summed E-state index contributed by atoms with van der Waals surface area (Å²) >= 11 is 0. The first kappa shape index (κ1) is 11.3. The fourth-order valence-corrected chi connectivity index (χ4v) is 1.27. The van der Waals surface area contributed by atoms with E-state index in [9.17, 15) is 13.2 Å². The molecule has 0 aromatic carbocycles. The molecule has 80 valence electrons. The molecule has 6 heteroatoms. The van der Waals surface area contributed by atoms with Crippen LogP contribution in [0.15, 0.2) is 0 Å². The van der Waals surface area contributed by atoms with Crippen LogP contribution in [0.3, 0.4) is 0 Å². The van der Waals surface area contributed by atoms with Crippen LogP contribution in [0.5, 0.6) is 0 Å². The van der Waals surface area contributed by atoms with Gasteiger partial charge in [-0.15, -0.1) is 0 Å². The standard InChI is InChI=1S/C8H11F3N2O/c9-8(10,11)1-2-13-3-4-14-7(5-12)6-13/h7H,1-4,6H2. The van der Waals surface area contributed by atoms with E-state index in [1.807, 2.05) is 6.07 Å². The van der Waals surface area contributed by atoms with Gasteiger partial charge in [0.25, 0.3) is 0 Å². The summed E-state index contributed by atoms with van der Waals surface area (Å²) in [4.78, 5) is 1.60. The normalized spacial score (nSPS) is 24.6. The van der Waals surface area contributed by atoms with Crippen molar-refractivity contribution in [2.45, 2.75) is 18.7 Å². The Labute approximate surface area is 80.1 Å². The fraction of sp³-hybridized carbons (Fsp3) is 0.875. The van der Waals surface area contributed by atoms with E-state index in [1.54, 1.807) is 4.90 Å². The molecule has 0 aliphatic carbocycles. The molecule has 14 heavy (non-hydrogen) atoms. The third-order valence-corrected chi connectivity index (χ3v) is 2.01. The van der Waals surface area contributed by atoms with Crippen molar-refractivity contribution in [3.63, 3.8) is 0 Å². The van der Waals surface area contributed by atoms with E-state index in [0.29, 0.717) is 13.2 Å². The molecule has 0 aromatic heterocycles. The SMILES string of the molecule is N#CC1CN(CCC(F)(F)F)CCO1. The lowest BCUT2D eigenvalue weighted by Crippen LogP contribution is -2.43. The molecule has 1 aliphatic heterocycles. The van der Waals surface area contributed by atoms with Gasteiger partial charge in [0, 0.05) is 19.6 Å². The highest BCUT2D eigenvalue weighted by Gasteiger charge is 2.29. The summed E-state index contributed by atoms with van der Waals surface area (Å²) in [6.45, 7) is 1.02. The lowest BCUT2D eigenvalue weighted by molar-refractivity contribution is -0.140. The maximum absolute atomic E-state index is 11.9. The molecule has 0 aromatic rings. The molecule has 0 radical (unpaired) electrons. The van der Waals surface area contributed by atoms with Gasteiger partial charge in [0.1, 0.15) is 0 Å². The Morgan fingerprint density at radius 1 is 1.50 bits per heavy atom. The van der Waals surface area contributed by atoms with Gasteiger partial charge in [-0.2, -0.15) is 18.4 Å². The first-order chi connectivity index (χ1) is 6.51. The molecule has 1 saturated heterocycles. The van der Waals surface area contributed by atoms with Crippen molar-refractivity contribution in [1.29, 1.82) is 5.26 Å². The third kappa shape index (κ3) is 3.94. The number of nitriles is 1. The van der Waals surface area contributed by atoms with Gasteiger partial charge in [-0.25, -0.2) is 0 Å². The van der Waals surface area contributed by atoms with Gasteiger partial charge in [-0.1, -0.05) is 0 Å². The van der Waals surface area contributed by atoms with Crippen molar-refractivity contribution < 1.29 is 17.9 Å². The summed E-state index contributed by atoms with van der Waals surface area (Å²) in [6, 6.07) is 1.89. The Morgan fingerprint density at radius 3 is 2.79 bits per heavy atom. The molecule has 1 aliphatic rings. The molecule has 0 bridgehead atoms. The lowest BCUT2D eigenvalue weighted by atomic mass is 10.2. The number of rotatable bonds is 2. The van der Waals surface area contributed by atoms with Gasteiger partial charge in [0.15, 0.2) is 6.10 Å². The van der Waals surface area contributed by atoms with E-state index in [1.165, 1.54) is 0 Å². The zero-order chi connectivity index (χ0) is 10.6. The molecule has 1 heterocycles. The van der Waals surface area contributed by atoms with Crippen molar-refractivity contribution >= 4 is 0 Å². The van der Waals surface area contributed by atoms with Gasteiger partial charge in [0.2, 0.25) is 0 Å². The van der Waals surface area contributed by atoms with Crippen molar-refractivity contribution in [2.75, 3.05) is 26.2 Å². The highest BCUT2D eigenvalue weighted by Crippen LogP contribution is 2.20. The number of hydrogen-bond acceptors (Lipinski definition) is 3. The minimum atomic E-state index is -4.12. The van der Waals surface area contributed by atoms with Crippen LogP contribution in [0.1, 0.15) is 6.42 Å². The van der Waals surface area contributed by atoms with E-state index in [2.05, 4.69) is 0 Å². The van der Waals surface area contributed by atoms with Crippen LogP contribution in [0, 0.1) is 11.3 Å². The maximum atomic E-state index is 11.9. The summed E-state index contributed by atoms with van der Waals surface area (Å²) in [6.07, 6.45) is -5.54. The van der Waals surface area contributed by atoms with Crippen LogP contribution in [0.2, 0.25) is 0 Å². The predicted molar refractivity (Wildman–Crippen MR) is 42.5 cm³/mol. The topological polar surface area (TPSA) is 36.3 Å². The van der Waals surface area contributed by atoms with Gasteiger partial charge in [-0.05, 0) is 0 Å². The minimum absolute atomic E-state index is 0.0506. The van der Waals surface area contributed by atoms with E-state index in [4.69, 9.17) is 10.00 Å². The summed E-state index contributed by atoms with van der Waals surface area (Å²) in [5.74, 6) is 0. The Bertz CT molecular complexity index is 224. The van der Waals surface area contributed by atoms with Gasteiger partial charge < -0.3 is 4.74 Å². The highest BCUT2D eigenvalue weighted by molar-refractivity contribution is 4.89. The van der Waals surface area contributed by atoms with Crippen LogP contribution in [-0.4, -0.2) is 43.4 Å². The second-order valence-electron chi connectivity index (χ2n) is 3.15. The summed E-state index contributed by atoms with van der Waals surface area (Å²) in [7, 11) is 0. The number of halogens is 3. The van der Waals surface area contributed by atoms with E-state index in [0.717, 1.165) is 0 Å². The fourth-order valence-electron chi connectivity index (χ4n) is 1.27. The number of ether oxygens (including phenoxy) is 1. The highest BCUT2D eigenvalue weighted by atomic mass is 19.4. The number of hydrogen-bond donors (Lipinski definition) is 0. The van der Waals surface area contributed by atoms with E-state index < -0.39 is 18.7 Å². The molecular formula is C8H11F3N2O. The largest absolute Gasteiger partial charge is 0.390 e. The molecule has 0 N–H and O–H groups in total. The number of nitrogens with zero attached hydrogens (tertiary/aromatic N) is 2. The Balaban J connectivity index is 2.28. The smallest absolute Gasteiger partial charge is 0.361 e. The zero-order valence-electron chi connectivity index (χ0n) is 7.55. The van der Waals surface area contributed by atoms with Crippen molar-refractivity contribution in [3.05, 3.63) is 0 Å². The van der Waals surface area contributed by atoms with Crippen molar-refractivity contribution in [3.8, 4) is 6.07 Å². The second kappa shape index (κ2) is 4.62. The Morgan fingerprint density at radius 2 is 2.21 bits per heavy atom. The van der Waals surface area contributed by atoms with Gasteiger partial charge in [-0.3, -0.25) is 4.90 Å². The molecule has 1 rings (SSSR count). The quantitative estimate of drug-likeness (QED) is 0.683. The molecular weight excluding hydrogens is 197 g/mol. The van der Waals surface area contributed by atoms with E-state index >= 15 is 0 Å². The van der Waals surface area contributed by atoms with Crippen LogP contribution in [0.4, 0.5) is 13.2 Å². The summed E-state index contributed by atoms with van der Waals surface area (Å²) < 4.78 is 40.6. The molecule has 1 unspecified atom stereocenters. The van der Waals surface area contributed by atoms with E-state index in [-0.39, 0.29) is 13.1 Å². The van der Waals surface area contributed by atoms with Crippen molar-refractivity contribution in [1.82, 2.24) is 4.90 Å². The zero-order valence-corrected chi connectivity index (χ0v) is 7.55. The maximum Gasteiger partial charge on any atom is 0.390 e. The minimum Gasteiger partial charge on any atom is -0.361 e. The summed E-state index contributed by atoms with van der Waals surface area (Å²) in [5.41, 5.74) is 0. The summed E-state index contributed by atoms with van der Waals surface area (Å²) in [5, 5.41) is 8.51.